The van der Waals surface area contributed by atoms with Gasteiger partial charge in [-0.2, -0.15) is 10.2 Å². The number of rotatable bonds is 9. The summed E-state index contributed by atoms with van der Waals surface area (Å²) >= 11 is 6.36. The number of hydrogen-bond acceptors (Lipinski definition) is 10. The smallest absolute Gasteiger partial charge is 0.266 e. The average Bonchev–Trinajstić information content (AvgIpc) is 3.02. The van der Waals surface area contributed by atoms with Crippen molar-refractivity contribution in [1.82, 2.24) is 19.9 Å². The van der Waals surface area contributed by atoms with Gasteiger partial charge in [0.2, 0.25) is 11.8 Å². The SMILES string of the molecule is COc1cc(N2CCN(C)CC2)ccc1Nc1ncc(Cl)c(Oc2cccc(NC(=O)/C(C#N)=C/c3ccncc3)c2)n1. The molecule has 0 saturated carbocycles. The largest absolute Gasteiger partial charge is 0.494 e. The highest BCUT2D eigenvalue weighted by molar-refractivity contribution is 6.31. The Kier molecular flexibility index (Phi) is 9.31. The lowest BCUT2D eigenvalue weighted by atomic mass is 10.1. The van der Waals surface area contributed by atoms with Crippen LogP contribution in [-0.2, 0) is 4.79 Å². The summed E-state index contributed by atoms with van der Waals surface area (Å²) in [5.41, 5.74) is 2.82. The molecule has 0 bridgehead atoms. The lowest BCUT2D eigenvalue weighted by molar-refractivity contribution is -0.112. The normalized spacial score (nSPS) is 13.6. The highest BCUT2D eigenvalue weighted by Gasteiger charge is 2.17. The Labute approximate surface area is 254 Å². The predicted octanol–water partition coefficient (Wildman–Crippen LogP) is 5.37. The van der Waals surface area contributed by atoms with E-state index in [-0.39, 0.29) is 22.4 Å². The zero-order valence-electron chi connectivity index (χ0n) is 23.6. The topological polar surface area (TPSA) is 129 Å². The van der Waals surface area contributed by atoms with Gasteiger partial charge in [0.25, 0.3) is 5.91 Å². The Balaban J connectivity index is 1.28. The summed E-state index contributed by atoms with van der Waals surface area (Å²) in [6.45, 7) is 3.90. The molecule has 4 aromatic rings. The van der Waals surface area contributed by atoms with Crippen LogP contribution in [-0.4, -0.2) is 66.1 Å². The number of halogens is 1. The van der Waals surface area contributed by atoms with Crippen LogP contribution in [0.1, 0.15) is 5.56 Å². The van der Waals surface area contributed by atoms with Crippen LogP contribution in [0.3, 0.4) is 0 Å². The number of likely N-dealkylation sites (N-methyl/N-ethyl adjacent to an activating group) is 1. The molecular weight excluding hydrogens is 568 g/mol. The fraction of sp³-hybridized carbons (Fsp3) is 0.194. The third-order valence-corrected chi connectivity index (χ3v) is 6.96. The van der Waals surface area contributed by atoms with E-state index < -0.39 is 5.91 Å². The number of nitrogens with zero attached hydrogens (tertiary/aromatic N) is 6. The molecule has 218 valence electrons. The van der Waals surface area contributed by atoms with Crippen molar-refractivity contribution < 1.29 is 14.3 Å². The van der Waals surface area contributed by atoms with Crippen molar-refractivity contribution >= 4 is 46.6 Å². The predicted molar refractivity (Wildman–Crippen MR) is 166 cm³/mol. The number of nitriles is 1. The minimum atomic E-state index is -0.560. The van der Waals surface area contributed by atoms with Gasteiger partial charge in [0.15, 0.2) is 0 Å². The monoisotopic (exact) mass is 596 g/mol. The van der Waals surface area contributed by atoms with Gasteiger partial charge in [0, 0.05) is 62.1 Å². The third-order valence-electron chi connectivity index (χ3n) is 6.70. The molecule has 0 radical (unpaired) electrons. The number of ether oxygens (including phenoxy) is 2. The molecule has 3 heterocycles. The van der Waals surface area contributed by atoms with E-state index in [0.717, 1.165) is 31.9 Å². The number of benzene rings is 2. The third kappa shape index (κ3) is 7.56. The number of carbonyl (C=O) groups excluding carboxylic acids is 1. The first-order chi connectivity index (χ1) is 20.9. The summed E-state index contributed by atoms with van der Waals surface area (Å²) in [6.07, 6.45) is 6.09. The second-order valence-corrected chi connectivity index (χ2v) is 10.1. The Morgan fingerprint density at radius 2 is 1.88 bits per heavy atom. The lowest BCUT2D eigenvalue weighted by Crippen LogP contribution is -2.44. The first kappa shape index (κ1) is 29.3. The highest BCUT2D eigenvalue weighted by atomic mass is 35.5. The zero-order chi connectivity index (χ0) is 30.2. The summed E-state index contributed by atoms with van der Waals surface area (Å²) in [7, 11) is 3.74. The summed E-state index contributed by atoms with van der Waals surface area (Å²) in [4.78, 5) is 30.0. The van der Waals surface area contributed by atoms with Crippen molar-refractivity contribution in [3.63, 3.8) is 0 Å². The summed E-state index contributed by atoms with van der Waals surface area (Å²) < 4.78 is 11.6. The van der Waals surface area contributed by atoms with Crippen LogP contribution in [0.15, 0.2) is 78.8 Å². The summed E-state index contributed by atoms with van der Waals surface area (Å²) in [5.74, 6) is 0.835. The summed E-state index contributed by atoms with van der Waals surface area (Å²) in [5, 5.41) is 15.6. The van der Waals surface area contributed by atoms with Gasteiger partial charge in [-0.3, -0.25) is 9.78 Å². The van der Waals surface area contributed by atoms with E-state index in [1.54, 1.807) is 55.9 Å². The molecule has 1 saturated heterocycles. The molecule has 0 atom stereocenters. The van der Waals surface area contributed by atoms with Crippen LogP contribution < -0.4 is 25.0 Å². The fourth-order valence-electron chi connectivity index (χ4n) is 4.37. The molecule has 11 nitrogen and oxygen atoms in total. The van der Waals surface area contributed by atoms with Gasteiger partial charge in [0.1, 0.15) is 28.2 Å². The molecule has 1 aliphatic heterocycles. The number of piperazine rings is 1. The minimum absolute atomic E-state index is 0.0564. The van der Waals surface area contributed by atoms with Crippen molar-refractivity contribution in [3.8, 4) is 23.4 Å². The van der Waals surface area contributed by atoms with E-state index in [0.29, 0.717) is 28.4 Å². The first-order valence-corrected chi connectivity index (χ1v) is 13.8. The van der Waals surface area contributed by atoms with Gasteiger partial charge in [-0.1, -0.05) is 17.7 Å². The molecule has 0 aliphatic carbocycles. The van der Waals surface area contributed by atoms with E-state index in [1.807, 2.05) is 24.3 Å². The molecule has 0 unspecified atom stereocenters. The second kappa shape index (κ2) is 13.7. The van der Waals surface area contributed by atoms with Crippen LogP contribution in [0.2, 0.25) is 5.02 Å². The molecule has 2 aromatic heterocycles. The molecule has 12 heteroatoms. The molecule has 2 N–H and O–H groups in total. The van der Waals surface area contributed by atoms with Gasteiger partial charge in [-0.15, -0.1) is 0 Å². The van der Waals surface area contributed by atoms with Crippen molar-refractivity contribution in [3.05, 3.63) is 89.3 Å². The van der Waals surface area contributed by atoms with Crippen LogP contribution in [0.25, 0.3) is 6.08 Å². The molecular formula is C31H29ClN8O3. The standard InChI is InChI=1S/C31H29ClN8O3/c1-39-12-14-40(15-13-39)24-6-7-27(28(18-24)42-2)37-31-35-20-26(32)30(38-31)43-25-5-3-4-23(17-25)36-29(41)22(19-33)16-21-8-10-34-11-9-21/h3-11,16-18,20H,12-15H2,1-2H3,(H,36,41)(H,35,37,38)/b22-16+. The molecule has 2 aromatic carbocycles. The molecule has 1 aliphatic rings. The van der Waals surface area contributed by atoms with Crippen molar-refractivity contribution in [2.75, 3.05) is 55.9 Å². The number of pyridine rings is 1. The van der Waals surface area contributed by atoms with E-state index in [9.17, 15) is 10.1 Å². The maximum Gasteiger partial charge on any atom is 0.266 e. The van der Waals surface area contributed by atoms with E-state index >= 15 is 0 Å². The highest BCUT2D eigenvalue weighted by Crippen LogP contribution is 2.34. The molecule has 1 amide bonds. The fourth-order valence-corrected chi connectivity index (χ4v) is 4.50. The molecule has 0 spiro atoms. The number of anilines is 4. The maximum atomic E-state index is 12.7. The number of nitrogens with one attached hydrogen (secondary N) is 2. The van der Waals surface area contributed by atoms with Gasteiger partial charge >= 0.3 is 0 Å². The quantitative estimate of drug-likeness (QED) is 0.192. The van der Waals surface area contributed by atoms with Gasteiger partial charge in [0.05, 0.1) is 19.0 Å². The van der Waals surface area contributed by atoms with E-state index in [1.165, 1.54) is 12.3 Å². The van der Waals surface area contributed by atoms with E-state index in [2.05, 4.69) is 42.4 Å². The zero-order valence-corrected chi connectivity index (χ0v) is 24.4. The number of hydrogen-bond donors (Lipinski definition) is 2. The maximum absolute atomic E-state index is 12.7. The Morgan fingerprint density at radius 1 is 1.09 bits per heavy atom. The van der Waals surface area contributed by atoms with Crippen molar-refractivity contribution in [2.24, 2.45) is 0 Å². The van der Waals surface area contributed by atoms with Crippen LogP contribution in [0.5, 0.6) is 17.4 Å². The van der Waals surface area contributed by atoms with Crippen molar-refractivity contribution in [1.29, 1.82) is 5.26 Å². The number of aromatic nitrogens is 3. The van der Waals surface area contributed by atoms with Gasteiger partial charge in [-0.05, 0) is 55.1 Å². The number of methoxy groups -OCH3 is 1. The van der Waals surface area contributed by atoms with Crippen LogP contribution in [0.4, 0.5) is 23.0 Å². The average molecular weight is 597 g/mol. The Bertz CT molecular complexity index is 1670. The van der Waals surface area contributed by atoms with Gasteiger partial charge < -0.3 is 29.9 Å². The molecule has 5 rings (SSSR count). The molecule has 1 fully saturated rings. The number of amides is 1. The minimum Gasteiger partial charge on any atom is -0.494 e. The Hall–Kier alpha value is -5.18. The van der Waals surface area contributed by atoms with Crippen LogP contribution in [0, 0.1) is 11.3 Å². The number of carbonyl (C=O) groups is 1. The van der Waals surface area contributed by atoms with Crippen LogP contribution >= 0.6 is 11.6 Å². The second-order valence-electron chi connectivity index (χ2n) is 9.68. The van der Waals surface area contributed by atoms with E-state index in [4.69, 9.17) is 21.1 Å². The van der Waals surface area contributed by atoms with Gasteiger partial charge in [-0.25, -0.2) is 4.98 Å². The lowest BCUT2D eigenvalue weighted by Gasteiger charge is -2.34. The Morgan fingerprint density at radius 3 is 2.63 bits per heavy atom. The van der Waals surface area contributed by atoms with Crippen molar-refractivity contribution in [2.45, 2.75) is 0 Å². The first-order valence-electron chi connectivity index (χ1n) is 13.4. The molecule has 43 heavy (non-hydrogen) atoms. The summed E-state index contributed by atoms with van der Waals surface area (Å²) in [6, 6.07) is 18.0.